The standard InChI is InChI=1S/C9H10ClNO4/c10-8-5(1-2-15-8)9(14)11-3-6(12)7(13)4-11/h1-2,6-7,12-13H,3-4H2. The van der Waals surface area contributed by atoms with E-state index in [-0.39, 0.29) is 29.8 Å². The molecule has 2 rings (SSSR count). The highest BCUT2D eigenvalue weighted by Crippen LogP contribution is 2.21. The molecule has 1 fully saturated rings. The summed E-state index contributed by atoms with van der Waals surface area (Å²) >= 11 is 5.65. The van der Waals surface area contributed by atoms with E-state index in [0.29, 0.717) is 0 Å². The van der Waals surface area contributed by atoms with Crippen LogP contribution in [0.2, 0.25) is 5.22 Å². The van der Waals surface area contributed by atoms with E-state index in [4.69, 9.17) is 16.0 Å². The number of carbonyl (C=O) groups excluding carboxylic acids is 1. The van der Waals surface area contributed by atoms with Gasteiger partial charge in [-0.25, -0.2) is 0 Å². The van der Waals surface area contributed by atoms with Crippen molar-refractivity contribution in [3.63, 3.8) is 0 Å². The normalized spacial score (nSPS) is 25.9. The molecule has 1 saturated heterocycles. The Morgan fingerprint density at radius 1 is 1.47 bits per heavy atom. The van der Waals surface area contributed by atoms with Crippen LogP contribution in [0.25, 0.3) is 0 Å². The minimum absolute atomic E-state index is 0.0240. The van der Waals surface area contributed by atoms with Crippen molar-refractivity contribution in [3.05, 3.63) is 23.1 Å². The number of halogens is 1. The number of β-amino-alcohol motifs (C(OH)–C–C–N with tert-alkyl or cyclic N) is 2. The van der Waals surface area contributed by atoms with Gasteiger partial charge in [0.2, 0.25) is 5.22 Å². The van der Waals surface area contributed by atoms with Gasteiger partial charge in [0.25, 0.3) is 5.91 Å². The van der Waals surface area contributed by atoms with E-state index < -0.39 is 12.2 Å². The second-order valence-corrected chi connectivity index (χ2v) is 3.80. The van der Waals surface area contributed by atoms with E-state index in [0.717, 1.165) is 0 Å². The molecule has 0 bridgehead atoms. The lowest BCUT2D eigenvalue weighted by Crippen LogP contribution is -2.29. The summed E-state index contributed by atoms with van der Waals surface area (Å²) in [5.74, 6) is -0.343. The van der Waals surface area contributed by atoms with E-state index in [1.807, 2.05) is 0 Å². The van der Waals surface area contributed by atoms with Gasteiger partial charge in [0, 0.05) is 13.1 Å². The molecule has 5 nitrogen and oxygen atoms in total. The van der Waals surface area contributed by atoms with Gasteiger partial charge in [-0.15, -0.1) is 0 Å². The minimum atomic E-state index is -0.889. The third-order valence-electron chi connectivity index (χ3n) is 2.39. The third kappa shape index (κ3) is 1.86. The number of rotatable bonds is 1. The predicted octanol–water partition coefficient (Wildman–Crippen LogP) is 0.111. The number of hydrogen-bond donors (Lipinski definition) is 2. The zero-order chi connectivity index (χ0) is 11.0. The molecule has 2 heterocycles. The highest BCUT2D eigenvalue weighted by molar-refractivity contribution is 6.32. The average Bonchev–Trinajstić information content (AvgIpc) is 2.74. The Morgan fingerprint density at radius 3 is 2.53 bits per heavy atom. The van der Waals surface area contributed by atoms with Gasteiger partial charge in [-0.3, -0.25) is 4.79 Å². The van der Waals surface area contributed by atoms with Crippen LogP contribution in [0.5, 0.6) is 0 Å². The largest absolute Gasteiger partial charge is 0.452 e. The molecule has 1 amide bonds. The number of aliphatic hydroxyl groups excluding tert-OH is 2. The maximum atomic E-state index is 11.8. The van der Waals surface area contributed by atoms with Gasteiger partial charge in [-0.2, -0.15) is 0 Å². The molecule has 2 N–H and O–H groups in total. The van der Waals surface area contributed by atoms with Crippen LogP contribution in [0.4, 0.5) is 0 Å². The third-order valence-corrected chi connectivity index (χ3v) is 2.69. The lowest BCUT2D eigenvalue weighted by Gasteiger charge is -2.13. The molecule has 0 spiro atoms. The summed E-state index contributed by atoms with van der Waals surface area (Å²) in [6.45, 7) is 0.225. The van der Waals surface area contributed by atoms with Crippen LogP contribution < -0.4 is 0 Å². The minimum Gasteiger partial charge on any atom is -0.452 e. The zero-order valence-electron chi connectivity index (χ0n) is 7.76. The van der Waals surface area contributed by atoms with Crippen molar-refractivity contribution >= 4 is 17.5 Å². The fourth-order valence-electron chi connectivity index (χ4n) is 1.55. The Balaban J connectivity index is 2.13. The Bertz CT molecular complexity index is 368. The Kier molecular flexibility index (Phi) is 2.68. The first kappa shape index (κ1) is 10.5. The van der Waals surface area contributed by atoms with Gasteiger partial charge < -0.3 is 19.5 Å². The molecular formula is C9H10ClNO4. The fourth-order valence-corrected chi connectivity index (χ4v) is 1.75. The molecule has 0 saturated carbocycles. The van der Waals surface area contributed by atoms with E-state index in [1.54, 1.807) is 0 Å². The number of nitrogens with zero attached hydrogens (tertiary/aromatic N) is 1. The summed E-state index contributed by atoms with van der Waals surface area (Å²) in [6.07, 6.45) is -0.461. The molecule has 1 aromatic rings. The van der Waals surface area contributed by atoms with E-state index >= 15 is 0 Å². The maximum Gasteiger partial charge on any atom is 0.258 e. The van der Waals surface area contributed by atoms with Crippen molar-refractivity contribution in [3.8, 4) is 0 Å². The predicted molar refractivity (Wildman–Crippen MR) is 51.6 cm³/mol. The molecule has 1 aromatic heterocycles. The Hall–Kier alpha value is -1.04. The molecule has 2 atom stereocenters. The van der Waals surface area contributed by atoms with E-state index in [1.165, 1.54) is 17.2 Å². The van der Waals surface area contributed by atoms with Crippen LogP contribution in [0.3, 0.4) is 0 Å². The average molecular weight is 232 g/mol. The molecule has 0 radical (unpaired) electrons. The lowest BCUT2D eigenvalue weighted by atomic mass is 10.3. The van der Waals surface area contributed by atoms with Gasteiger partial charge >= 0.3 is 0 Å². The zero-order valence-corrected chi connectivity index (χ0v) is 8.52. The fraction of sp³-hybridized carbons (Fsp3) is 0.444. The highest BCUT2D eigenvalue weighted by atomic mass is 35.5. The summed E-state index contributed by atoms with van der Waals surface area (Å²) < 4.78 is 4.79. The number of furan rings is 1. The number of aliphatic hydroxyl groups is 2. The molecule has 1 aliphatic rings. The number of carbonyl (C=O) groups is 1. The monoisotopic (exact) mass is 231 g/mol. The first-order valence-electron chi connectivity index (χ1n) is 4.48. The molecule has 15 heavy (non-hydrogen) atoms. The summed E-state index contributed by atoms with van der Waals surface area (Å²) in [5, 5.41) is 18.6. The van der Waals surface area contributed by atoms with Gasteiger partial charge in [0.1, 0.15) is 0 Å². The van der Waals surface area contributed by atoms with Gasteiger partial charge in [0.15, 0.2) is 0 Å². The molecule has 1 aliphatic heterocycles. The van der Waals surface area contributed by atoms with Crippen LogP contribution >= 0.6 is 11.6 Å². The Labute approximate surface area is 90.9 Å². The van der Waals surface area contributed by atoms with Crippen molar-refractivity contribution in [2.45, 2.75) is 12.2 Å². The topological polar surface area (TPSA) is 73.9 Å². The maximum absolute atomic E-state index is 11.8. The lowest BCUT2D eigenvalue weighted by molar-refractivity contribution is 0.0572. The molecule has 0 aliphatic carbocycles. The van der Waals surface area contributed by atoms with Crippen molar-refractivity contribution in [1.29, 1.82) is 0 Å². The van der Waals surface area contributed by atoms with E-state index in [2.05, 4.69) is 0 Å². The Morgan fingerprint density at radius 2 is 2.07 bits per heavy atom. The quantitative estimate of drug-likeness (QED) is 0.720. The molecular weight excluding hydrogens is 222 g/mol. The van der Waals surface area contributed by atoms with Gasteiger partial charge in [-0.1, -0.05) is 0 Å². The van der Waals surface area contributed by atoms with E-state index in [9.17, 15) is 15.0 Å². The summed E-state index contributed by atoms with van der Waals surface area (Å²) in [5.41, 5.74) is 0.248. The summed E-state index contributed by atoms with van der Waals surface area (Å²) in [4.78, 5) is 13.1. The molecule has 82 valence electrons. The first-order valence-corrected chi connectivity index (χ1v) is 4.86. The van der Waals surface area contributed by atoms with Gasteiger partial charge in [0.05, 0.1) is 24.0 Å². The van der Waals surface area contributed by atoms with Crippen molar-refractivity contribution in [2.24, 2.45) is 0 Å². The molecule has 2 unspecified atom stereocenters. The van der Waals surface area contributed by atoms with Crippen LogP contribution in [-0.4, -0.2) is 46.3 Å². The van der Waals surface area contributed by atoms with Crippen molar-refractivity contribution in [1.82, 2.24) is 4.90 Å². The SMILES string of the molecule is O=C(c1ccoc1Cl)N1CC(O)C(O)C1. The highest BCUT2D eigenvalue weighted by Gasteiger charge is 2.34. The van der Waals surface area contributed by atoms with Crippen LogP contribution in [0.15, 0.2) is 16.7 Å². The molecule has 6 heteroatoms. The van der Waals surface area contributed by atoms with Crippen LogP contribution in [0.1, 0.15) is 10.4 Å². The smallest absolute Gasteiger partial charge is 0.258 e. The van der Waals surface area contributed by atoms with Crippen LogP contribution in [-0.2, 0) is 0 Å². The van der Waals surface area contributed by atoms with Gasteiger partial charge in [-0.05, 0) is 17.7 Å². The number of amides is 1. The summed E-state index contributed by atoms with van der Waals surface area (Å²) in [7, 11) is 0. The summed E-state index contributed by atoms with van der Waals surface area (Å²) in [6, 6.07) is 1.46. The van der Waals surface area contributed by atoms with Crippen molar-refractivity contribution in [2.75, 3.05) is 13.1 Å². The number of hydrogen-bond acceptors (Lipinski definition) is 4. The first-order chi connectivity index (χ1) is 7.09. The number of likely N-dealkylation sites (tertiary alicyclic amines) is 1. The second-order valence-electron chi connectivity index (χ2n) is 3.45. The molecule has 0 aromatic carbocycles. The van der Waals surface area contributed by atoms with Crippen LogP contribution in [0, 0.1) is 0 Å². The second kappa shape index (κ2) is 3.84. The van der Waals surface area contributed by atoms with Crippen molar-refractivity contribution < 1.29 is 19.4 Å².